The highest BCUT2D eigenvalue weighted by molar-refractivity contribution is 7.09. The lowest BCUT2D eigenvalue weighted by atomic mass is 10.0. The maximum Gasteiger partial charge on any atom is 0.273 e. The van der Waals surface area contributed by atoms with Crippen molar-refractivity contribution in [2.45, 2.75) is 6.04 Å². The SMILES string of the molecule is COCCNC(=O)C(c1ccc(OC)cc1)N(C(=O)c1snc(C(N)=O)c1N)c1ccc(OC)cc1. The average Bonchev–Trinajstić information content (AvgIpc) is 3.28. The van der Waals surface area contributed by atoms with E-state index < -0.39 is 23.8 Å². The monoisotopic (exact) mass is 513 g/mol. The molecule has 1 heterocycles. The molecule has 1 aromatic heterocycles. The Bertz CT molecular complexity index is 1210. The molecule has 36 heavy (non-hydrogen) atoms. The molecule has 0 aliphatic heterocycles. The van der Waals surface area contributed by atoms with Crippen molar-refractivity contribution in [1.29, 1.82) is 0 Å². The molecular weight excluding hydrogens is 486 g/mol. The number of hydrogen-bond donors (Lipinski definition) is 3. The molecule has 0 radical (unpaired) electrons. The smallest absolute Gasteiger partial charge is 0.273 e. The summed E-state index contributed by atoms with van der Waals surface area (Å²) in [7, 11) is 4.56. The van der Waals surface area contributed by atoms with Gasteiger partial charge in [0.05, 0.1) is 26.5 Å². The zero-order valence-corrected chi connectivity index (χ0v) is 20.8. The summed E-state index contributed by atoms with van der Waals surface area (Å²) < 4.78 is 19.5. The van der Waals surface area contributed by atoms with Crippen LogP contribution in [0.4, 0.5) is 11.4 Å². The predicted molar refractivity (Wildman–Crippen MR) is 135 cm³/mol. The van der Waals surface area contributed by atoms with E-state index in [1.165, 1.54) is 26.2 Å². The van der Waals surface area contributed by atoms with Crippen molar-refractivity contribution >= 4 is 40.6 Å². The molecule has 2 aromatic carbocycles. The van der Waals surface area contributed by atoms with Crippen molar-refractivity contribution in [3.63, 3.8) is 0 Å². The van der Waals surface area contributed by atoms with Crippen molar-refractivity contribution in [3.8, 4) is 11.5 Å². The van der Waals surface area contributed by atoms with E-state index in [9.17, 15) is 14.4 Å². The molecular formula is C24H27N5O6S. The fraction of sp³-hybridized carbons (Fsp3) is 0.250. The van der Waals surface area contributed by atoms with Gasteiger partial charge in [-0.15, -0.1) is 0 Å². The van der Waals surface area contributed by atoms with E-state index in [0.717, 1.165) is 11.5 Å². The van der Waals surface area contributed by atoms with Crippen LogP contribution >= 0.6 is 11.5 Å². The second-order valence-corrected chi connectivity index (χ2v) is 8.24. The van der Waals surface area contributed by atoms with Crippen LogP contribution in [0, 0.1) is 0 Å². The minimum atomic E-state index is -1.12. The highest BCUT2D eigenvalue weighted by Gasteiger charge is 2.36. The molecule has 0 saturated carbocycles. The first-order valence-corrected chi connectivity index (χ1v) is 11.5. The molecule has 3 aromatic rings. The first kappa shape index (κ1) is 26.4. The van der Waals surface area contributed by atoms with Crippen LogP contribution < -0.4 is 31.2 Å². The molecule has 0 bridgehead atoms. The molecule has 1 unspecified atom stereocenters. The van der Waals surface area contributed by atoms with Gasteiger partial charge < -0.3 is 31.0 Å². The molecule has 0 fully saturated rings. The summed E-state index contributed by atoms with van der Waals surface area (Å²) in [5.41, 5.74) is 11.9. The number of anilines is 2. The normalized spacial score (nSPS) is 11.4. The predicted octanol–water partition coefficient (Wildman–Crippen LogP) is 1.99. The molecule has 12 heteroatoms. The zero-order chi connectivity index (χ0) is 26.2. The minimum Gasteiger partial charge on any atom is -0.497 e. The summed E-state index contributed by atoms with van der Waals surface area (Å²) in [5, 5.41) is 2.80. The van der Waals surface area contributed by atoms with E-state index in [0.29, 0.717) is 22.7 Å². The summed E-state index contributed by atoms with van der Waals surface area (Å²) in [4.78, 5) is 40.4. The first-order chi connectivity index (χ1) is 17.3. The number of hydrogen-bond acceptors (Lipinski definition) is 9. The van der Waals surface area contributed by atoms with Gasteiger partial charge in [-0.2, -0.15) is 4.37 Å². The molecule has 11 nitrogen and oxygen atoms in total. The van der Waals surface area contributed by atoms with Crippen LogP contribution in [0.3, 0.4) is 0 Å². The van der Waals surface area contributed by atoms with Gasteiger partial charge in [-0.1, -0.05) is 12.1 Å². The summed E-state index contributed by atoms with van der Waals surface area (Å²) in [6.45, 7) is 0.502. The Morgan fingerprint density at radius 2 is 1.58 bits per heavy atom. The lowest BCUT2D eigenvalue weighted by Gasteiger charge is -2.31. The molecule has 0 saturated heterocycles. The number of aromatic nitrogens is 1. The Hall–Kier alpha value is -4.16. The Labute approximate surface area is 212 Å². The number of amides is 3. The Kier molecular flexibility index (Phi) is 8.81. The van der Waals surface area contributed by atoms with Gasteiger partial charge in [-0.3, -0.25) is 19.3 Å². The van der Waals surface area contributed by atoms with Gasteiger partial charge in [-0.05, 0) is 53.5 Å². The standard InChI is InChI=1S/C24H27N5O6S/c1-33-13-12-27-23(31)20(14-4-8-16(34-2)9-5-14)29(15-6-10-17(35-3)11-7-15)24(32)21-18(25)19(22(26)30)28-36-21/h4-11,20H,12-13,25H2,1-3H3,(H2,26,30)(H,27,31). The third-order valence-electron chi connectivity index (χ3n) is 5.27. The first-order valence-electron chi connectivity index (χ1n) is 10.8. The molecule has 5 N–H and O–H groups in total. The number of carbonyl (C=O) groups excluding carboxylic acids is 3. The number of nitrogens with zero attached hydrogens (tertiary/aromatic N) is 2. The fourth-order valence-corrected chi connectivity index (χ4v) is 4.18. The topological polar surface area (TPSA) is 159 Å². The van der Waals surface area contributed by atoms with Crippen LogP contribution in [0.15, 0.2) is 48.5 Å². The van der Waals surface area contributed by atoms with Crippen LogP contribution in [-0.4, -0.2) is 56.6 Å². The second-order valence-electron chi connectivity index (χ2n) is 7.47. The molecule has 190 valence electrons. The van der Waals surface area contributed by atoms with Gasteiger partial charge in [0.25, 0.3) is 11.8 Å². The third-order valence-corrected chi connectivity index (χ3v) is 6.12. The van der Waals surface area contributed by atoms with E-state index in [4.69, 9.17) is 25.7 Å². The summed E-state index contributed by atoms with van der Waals surface area (Å²) in [5.74, 6) is -0.810. The van der Waals surface area contributed by atoms with E-state index in [-0.39, 0.29) is 29.4 Å². The van der Waals surface area contributed by atoms with Gasteiger partial charge in [0, 0.05) is 19.3 Å². The largest absolute Gasteiger partial charge is 0.497 e. The molecule has 1 atom stereocenters. The van der Waals surface area contributed by atoms with Gasteiger partial charge in [-0.25, -0.2) is 0 Å². The lowest BCUT2D eigenvalue weighted by Crippen LogP contribution is -2.44. The van der Waals surface area contributed by atoms with Crippen molar-refractivity contribution in [2.75, 3.05) is 45.1 Å². The molecule has 3 rings (SSSR count). The molecule has 0 spiro atoms. The Balaban J connectivity index is 2.17. The van der Waals surface area contributed by atoms with Gasteiger partial charge >= 0.3 is 0 Å². The summed E-state index contributed by atoms with van der Waals surface area (Å²) >= 11 is 0.732. The third kappa shape index (κ3) is 5.73. The quantitative estimate of drug-likeness (QED) is 0.328. The van der Waals surface area contributed by atoms with Crippen LogP contribution in [0.1, 0.15) is 31.8 Å². The van der Waals surface area contributed by atoms with Crippen LogP contribution in [-0.2, 0) is 9.53 Å². The van der Waals surface area contributed by atoms with Crippen molar-refractivity contribution in [2.24, 2.45) is 5.73 Å². The highest BCUT2D eigenvalue weighted by Crippen LogP contribution is 2.34. The number of primary amides is 1. The van der Waals surface area contributed by atoms with Gasteiger partial charge in [0.15, 0.2) is 5.69 Å². The van der Waals surface area contributed by atoms with Gasteiger partial charge in [0.2, 0.25) is 5.91 Å². The zero-order valence-electron chi connectivity index (χ0n) is 20.0. The van der Waals surface area contributed by atoms with Crippen LogP contribution in [0.2, 0.25) is 0 Å². The Morgan fingerprint density at radius 3 is 2.08 bits per heavy atom. The lowest BCUT2D eigenvalue weighted by molar-refractivity contribution is -0.122. The van der Waals surface area contributed by atoms with E-state index in [1.807, 2.05) is 0 Å². The second kappa shape index (κ2) is 12.0. The van der Waals surface area contributed by atoms with Crippen LogP contribution in [0.25, 0.3) is 0 Å². The molecule has 0 aliphatic carbocycles. The number of carbonyl (C=O) groups is 3. The average molecular weight is 514 g/mol. The number of benzene rings is 2. The number of nitrogens with one attached hydrogen (secondary N) is 1. The van der Waals surface area contributed by atoms with Gasteiger partial charge in [0.1, 0.15) is 22.4 Å². The number of rotatable bonds is 11. The van der Waals surface area contributed by atoms with Crippen molar-refractivity contribution < 1.29 is 28.6 Å². The van der Waals surface area contributed by atoms with Crippen molar-refractivity contribution in [3.05, 3.63) is 64.7 Å². The molecule has 3 amide bonds. The van der Waals surface area contributed by atoms with E-state index >= 15 is 0 Å². The van der Waals surface area contributed by atoms with E-state index in [1.54, 1.807) is 48.5 Å². The number of methoxy groups -OCH3 is 3. The molecule has 0 aliphatic rings. The summed E-state index contributed by atoms with van der Waals surface area (Å²) in [6.07, 6.45) is 0. The number of ether oxygens (including phenoxy) is 3. The number of nitrogens with two attached hydrogens (primary N) is 2. The highest BCUT2D eigenvalue weighted by atomic mass is 32.1. The maximum atomic E-state index is 13.9. The van der Waals surface area contributed by atoms with E-state index in [2.05, 4.69) is 9.69 Å². The minimum absolute atomic E-state index is 0.0252. The maximum absolute atomic E-state index is 13.9. The Morgan fingerprint density at radius 1 is 1.00 bits per heavy atom. The van der Waals surface area contributed by atoms with Crippen molar-refractivity contribution in [1.82, 2.24) is 9.69 Å². The van der Waals surface area contributed by atoms with Crippen LogP contribution in [0.5, 0.6) is 11.5 Å². The summed E-state index contributed by atoms with van der Waals surface area (Å²) in [6, 6.07) is 12.2. The number of nitrogen functional groups attached to an aromatic ring is 1. The fourth-order valence-electron chi connectivity index (χ4n) is 3.44.